The van der Waals surface area contributed by atoms with Crippen molar-refractivity contribution < 1.29 is 9.13 Å². The molecule has 4 aromatic carbocycles. The van der Waals surface area contributed by atoms with Crippen LogP contribution in [-0.4, -0.2) is 11.3 Å². The molecule has 2 bridgehead atoms. The van der Waals surface area contributed by atoms with Gasteiger partial charge in [-0.1, -0.05) is 131 Å². The smallest absolute Gasteiger partial charge is 0.147 e. The highest BCUT2D eigenvalue weighted by molar-refractivity contribution is 7.83. The Morgan fingerprint density at radius 1 is 0.436 bits per heavy atom. The van der Waals surface area contributed by atoms with Crippen molar-refractivity contribution in [3.05, 3.63) is 131 Å². The molecule has 0 radical (unpaired) electrons. The van der Waals surface area contributed by atoms with Crippen LogP contribution in [-0.2, 0) is 9.13 Å². The van der Waals surface area contributed by atoms with E-state index in [2.05, 4.69) is 88.4 Å². The lowest BCUT2D eigenvalue weighted by molar-refractivity contribution is 0.549. The zero-order valence-corrected chi connectivity index (χ0v) is 24.9. The molecule has 2 aliphatic carbocycles. The zero-order chi connectivity index (χ0) is 27.4. The van der Waals surface area contributed by atoms with E-state index in [9.17, 15) is 0 Å². The Labute approximate surface area is 232 Å². The Balaban J connectivity index is 1.62. The van der Waals surface area contributed by atoms with Crippen molar-refractivity contribution in [2.75, 3.05) is 0 Å². The van der Waals surface area contributed by atoms with Crippen LogP contribution in [0, 0.1) is 39.5 Å². The molecule has 0 saturated heterocycles. The van der Waals surface area contributed by atoms with Crippen LogP contribution in [0.1, 0.15) is 28.7 Å². The van der Waals surface area contributed by atoms with Gasteiger partial charge in [-0.15, -0.1) is 0 Å². The molecule has 0 aromatic heterocycles. The van der Waals surface area contributed by atoms with E-state index in [1.165, 1.54) is 0 Å². The maximum atomic E-state index is 15.9. The minimum absolute atomic E-state index is 0.123. The number of rotatable bonds is 6. The highest BCUT2D eigenvalue weighted by Crippen LogP contribution is 2.70. The number of benzene rings is 4. The van der Waals surface area contributed by atoms with Crippen LogP contribution in [0.5, 0.6) is 0 Å². The molecule has 0 unspecified atom stereocenters. The molecule has 1 fully saturated rings. The summed E-state index contributed by atoms with van der Waals surface area (Å²) in [4.78, 5) is 0. The summed E-state index contributed by atoms with van der Waals surface area (Å²) < 4.78 is 31.8. The van der Waals surface area contributed by atoms with Crippen LogP contribution in [0.2, 0.25) is 0 Å². The van der Waals surface area contributed by atoms with Crippen LogP contribution < -0.4 is 21.2 Å². The highest BCUT2D eigenvalue weighted by Gasteiger charge is 2.60. The topological polar surface area (TPSA) is 34.1 Å². The number of allylic oxidation sites excluding steroid dienone is 2. The summed E-state index contributed by atoms with van der Waals surface area (Å²) in [5, 5.41) is 3.47. The molecule has 0 spiro atoms. The summed E-state index contributed by atoms with van der Waals surface area (Å²) in [6.07, 6.45) is 5.42. The monoisotopic (exact) mass is 550 g/mol. The van der Waals surface area contributed by atoms with Crippen molar-refractivity contribution >= 4 is 35.5 Å². The molecule has 2 nitrogen and oxygen atoms in total. The van der Waals surface area contributed by atoms with Gasteiger partial charge in [0.25, 0.3) is 0 Å². The van der Waals surface area contributed by atoms with Crippen LogP contribution in [0.25, 0.3) is 0 Å². The van der Waals surface area contributed by atoms with Crippen LogP contribution in [0.3, 0.4) is 0 Å². The lowest BCUT2D eigenvalue weighted by Gasteiger charge is -2.40. The first-order valence-corrected chi connectivity index (χ1v) is 17.4. The van der Waals surface area contributed by atoms with Gasteiger partial charge in [0.1, 0.15) is 14.3 Å². The van der Waals surface area contributed by atoms with Crippen molar-refractivity contribution in [1.82, 2.24) is 0 Å². The molecule has 0 N–H and O–H groups in total. The summed E-state index contributed by atoms with van der Waals surface area (Å²) in [6, 6.07) is 32.9. The predicted molar refractivity (Wildman–Crippen MR) is 167 cm³/mol. The van der Waals surface area contributed by atoms with Gasteiger partial charge < -0.3 is 9.13 Å². The van der Waals surface area contributed by atoms with Gasteiger partial charge in [0.05, 0.1) is 0 Å². The fourth-order valence-corrected chi connectivity index (χ4v) is 15.1. The first-order valence-electron chi connectivity index (χ1n) is 13.9. The maximum absolute atomic E-state index is 15.9. The third kappa shape index (κ3) is 4.34. The molecule has 0 aliphatic heterocycles. The molecule has 4 aromatic rings. The lowest BCUT2D eigenvalue weighted by atomic mass is 10.1. The number of fused-ring (bicyclic) bond motifs is 2. The van der Waals surface area contributed by atoms with Crippen LogP contribution in [0.15, 0.2) is 109 Å². The van der Waals surface area contributed by atoms with Crippen molar-refractivity contribution in [1.29, 1.82) is 0 Å². The Morgan fingerprint density at radius 2 is 0.667 bits per heavy atom. The summed E-state index contributed by atoms with van der Waals surface area (Å²) in [6.45, 7) is 8.25. The average Bonchev–Trinajstić information content (AvgIpc) is 3.56. The quantitative estimate of drug-likeness (QED) is 0.188. The van der Waals surface area contributed by atoms with Crippen molar-refractivity contribution in [2.24, 2.45) is 11.8 Å². The molecule has 39 heavy (non-hydrogen) atoms. The average molecular weight is 551 g/mol. The second-order valence-corrected chi connectivity index (χ2v) is 17.5. The molecule has 1 saturated carbocycles. The number of hydrogen-bond acceptors (Lipinski definition) is 2. The second kappa shape index (κ2) is 9.92. The number of aryl methyl sites for hydroxylation is 4. The molecule has 4 heteroatoms. The van der Waals surface area contributed by atoms with E-state index in [1.54, 1.807) is 0 Å². The van der Waals surface area contributed by atoms with Crippen molar-refractivity contribution in [2.45, 2.75) is 45.4 Å². The van der Waals surface area contributed by atoms with E-state index in [0.29, 0.717) is 0 Å². The second-order valence-electron chi connectivity index (χ2n) is 11.6. The molecule has 0 heterocycles. The third-order valence-electron chi connectivity index (χ3n) is 8.89. The predicted octanol–water partition coefficient (Wildman–Crippen LogP) is 7.19. The minimum Gasteiger partial charge on any atom is -0.313 e. The highest BCUT2D eigenvalue weighted by atomic mass is 31.2. The summed E-state index contributed by atoms with van der Waals surface area (Å²) in [5.74, 6) is 0.246. The molecule has 4 atom stereocenters. The molecule has 198 valence electrons. The summed E-state index contributed by atoms with van der Waals surface area (Å²) in [7, 11) is -6.38. The van der Waals surface area contributed by atoms with E-state index in [-0.39, 0.29) is 23.2 Å². The third-order valence-corrected chi connectivity index (χ3v) is 16.5. The van der Waals surface area contributed by atoms with E-state index in [1.807, 2.05) is 48.5 Å². The van der Waals surface area contributed by atoms with Gasteiger partial charge in [-0.3, -0.25) is 0 Å². The first kappa shape index (κ1) is 26.3. The standard InChI is InChI=1S/C35H36O2P2/c1-24-5-15-30(16-6-24)38(36,31-17-7-25(2)8-18-31)34-28-13-14-29(23-28)35(34)39(37,32-19-9-26(3)10-20-32)33-21-11-27(4)12-22-33/h5-22,28-29,34-35H,23H2,1-4H3/t28-,29+,34-,35-/m1/s1. The van der Waals surface area contributed by atoms with E-state index in [0.717, 1.165) is 49.9 Å². The van der Waals surface area contributed by atoms with Crippen molar-refractivity contribution in [3.8, 4) is 0 Å². The largest absolute Gasteiger partial charge is 0.313 e. The molecular formula is C35H36O2P2. The van der Waals surface area contributed by atoms with E-state index < -0.39 is 14.3 Å². The normalized spacial score (nSPS) is 22.4. The number of hydrogen-bond donors (Lipinski definition) is 0. The van der Waals surface area contributed by atoms with Gasteiger partial charge >= 0.3 is 0 Å². The van der Waals surface area contributed by atoms with Crippen LogP contribution >= 0.6 is 14.3 Å². The van der Waals surface area contributed by atoms with Gasteiger partial charge in [0.15, 0.2) is 0 Å². The first-order chi connectivity index (χ1) is 18.7. The SMILES string of the molecule is Cc1ccc(P(=O)(c2ccc(C)cc2)[C@H]2[C@H](P(=O)(c3ccc(C)cc3)c3ccc(C)cc3)[C@H]3C=C[C@@H]2C3)cc1. The zero-order valence-electron chi connectivity index (χ0n) is 23.1. The van der Waals surface area contributed by atoms with E-state index in [4.69, 9.17) is 0 Å². The molecule has 6 rings (SSSR count). The Morgan fingerprint density at radius 3 is 0.897 bits per heavy atom. The molecular weight excluding hydrogens is 514 g/mol. The van der Waals surface area contributed by atoms with Crippen molar-refractivity contribution in [3.63, 3.8) is 0 Å². The van der Waals surface area contributed by atoms with Gasteiger partial charge in [-0.05, 0) is 46.0 Å². The fourth-order valence-electron chi connectivity index (χ4n) is 6.79. The lowest BCUT2D eigenvalue weighted by Crippen LogP contribution is -2.41. The Hall–Kier alpha value is -2.92. The fraction of sp³-hybridized carbons (Fsp3) is 0.257. The Kier molecular flexibility index (Phi) is 6.69. The summed E-state index contributed by atoms with van der Waals surface area (Å²) in [5.41, 5.74) is 4.08. The van der Waals surface area contributed by atoms with Gasteiger partial charge in [-0.25, -0.2) is 0 Å². The van der Waals surface area contributed by atoms with Gasteiger partial charge in [0.2, 0.25) is 0 Å². The van der Waals surface area contributed by atoms with Gasteiger partial charge in [0, 0.05) is 32.5 Å². The van der Waals surface area contributed by atoms with Crippen LogP contribution in [0.4, 0.5) is 0 Å². The minimum atomic E-state index is -3.19. The maximum Gasteiger partial charge on any atom is 0.147 e. The molecule has 0 amide bonds. The Bertz CT molecular complexity index is 1390. The van der Waals surface area contributed by atoms with E-state index >= 15 is 9.13 Å². The summed E-state index contributed by atoms with van der Waals surface area (Å²) >= 11 is 0. The van der Waals surface area contributed by atoms with Gasteiger partial charge in [-0.2, -0.15) is 0 Å². The molecule has 2 aliphatic rings.